The van der Waals surface area contributed by atoms with E-state index in [-0.39, 0.29) is 6.10 Å². The first kappa shape index (κ1) is 14.4. The summed E-state index contributed by atoms with van der Waals surface area (Å²) >= 11 is 0. The number of allylic oxidation sites excluding steroid dienone is 4. The fourth-order valence-electron chi connectivity index (χ4n) is 1.39. The van der Waals surface area contributed by atoms with Crippen molar-refractivity contribution in [2.24, 2.45) is 0 Å². The molecule has 1 N–H and O–H groups in total. The molecular weight excluding hydrogens is 184 g/mol. The highest BCUT2D eigenvalue weighted by Crippen LogP contribution is 2.12. The predicted octanol–water partition coefficient (Wildman–Crippen LogP) is 4.23. The fourth-order valence-corrected chi connectivity index (χ4v) is 1.39. The Morgan fingerprint density at radius 1 is 1.20 bits per heavy atom. The van der Waals surface area contributed by atoms with Crippen LogP contribution in [0, 0.1) is 0 Å². The molecule has 0 spiro atoms. The molecule has 0 amide bonds. The Morgan fingerprint density at radius 3 is 2.40 bits per heavy atom. The van der Waals surface area contributed by atoms with Crippen LogP contribution in [0.3, 0.4) is 0 Å². The summed E-state index contributed by atoms with van der Waals surface area (Å²) in [5, 5.41) is 9.42. The molecule has 15 heavy (non-hydrogen) atoms. The number of rotatable bonds is 7. The minimum absolute atomic E-state index is 0.120. The second-order valence-electron chi connectivity index (χ2n) is 4.32. The van der Waals surface area contributed by atoms with Crippen molar-refractivity contribution < 1.29 is 5.11 Å². The minimum Gasteiger partial charge on any atom is -0.393 e. The lowest BCUT2D eigenvalue weighted by Gasteiger charge is -2.07. The van der Waals surface area contributed by atoms with E-state index < -0.39 is 0 Å². The van der Waals surface area contributed by atoms with Gasteiger partial charge < -0.3 is 5.11 Å². The van der Waals surface area contributed by atoms with Gasteiger partial charge in [-0.2, -0.15) is 0 Å². The topological polar surface area (TPSA) is 20.2 Å². The smallest absolute Gasteiger partial charge is 0.0540 e. The largest absolute Gasteiger partial charge is 0.393 e. The van der Waals surface area contributed by atoms with Gasteiger partial charge in [-0.1, -0.05) is 30.2 Å². The van der Waals surface area contributed by atoms with Crippen LogP contribution in [-0.4, -0.2) is 11.2 Å². The third-order valence-electron chi connectivity index (χ3n) is 2.87. The van der Waals surface area contributed by atoms with Gasteiger partial charge in [0.05, 0.1) is 6.10 Å². The Balaban J connectivity index is 3.70. The summed E-state index contributed by atoms with van der Waals surface area (Å²) in [4.78, 5) is 0. The summed E-state index contributed by atoms with van der Waals surface area (Å²) in [6, 6.07) is 0. The monoisotopic (exact) mass is 210 g/mol. The maximum Gasteiger partial charge on any atom is 0.0540 e. The maximum absolute atomic E-state index is 9.42. The van der Waals surface area contributed by atoms with Gasteiger partial charge in [0, 0.05) is 0 Å². The number of hydrogen-bond acceptors (Lipinski definition) is 1. The number of aliphatic hydroxyl groups excluding tert-OH is 1. The molecule has 0 radical (unpaired) electrons. The summed E-state index contributed by atoms with van der Waals surface area (Å²) in [5.41, 5.74) is 2.86. The van der Waals surface area contributed by atoms with E-state index in [1.54, 1.807) is 0 Å². The molecule has 0 aliphatic carbocycles. The highest BCUT2D eigenvalue weighted by molar-refractivity contribution is 5.02. The molecule has 0 aromatic carbocycles. The molecule has 1 heteroatoms. The van der Waals surface area contributed by atoms with E-state index in [1.165, 1.54) is 11.1 Å². The molecule has 1 nitrogen and oxygen atoms in total. The van der Waals surface area contributed by atoms with Gasteiger partial charge in [-0.15, -0.1) is 0 Å². The predicted molar refractivity (Wildman–Crippen MR) is 68.0 cm³/mol. The zero-order valence-corrected chi connectivity index (χ0v) is 10.7. The zero-order valence-electron chi connectivity index (χ0n) is 10.7. The van der Waals surface area contributed by atoms with Gasteiger partial charge in [-0.25, -0.2) is 0 Å². The zero-order chi connectivity index (χ0) is 11.7. The van der Waals surface area contributed by atoms with Crippen LogP contribution in [0.2, 0.25) is 0 Å². The maximum atomic E-state index is 9.42. The first-order valence-electron chi connectivity index (χ1n) is 6.05. The molecule has 0 aliphatic rings. The molecule has 0 heterocycles. The molecule has 0 saturated heterocycles. The molecule has 0 aromatic heterocycles. The SMILES string of the molecule is C/C=C(\C)CC/C=C(\C)CCC(O)CC. The summed E-state index contributed by atoms with van der Waals surface area (Å²) < 4.78 is 0. The second-order valence-corrected chi connectivity index (χ2v) is 4.32. The first-order chi connectivity index (χ1) is 7.10. The normalized spacial score (nSPS) is 15.5. The first-order valence-corrected chi connectivity index (χ1v) is 6.05. The molecule has 88 valence electrons. The van der Waals surface area contributed by atoms with Crippen molar-refractivity contribution in [3.8, 4) is 0 Å². The van der Waals surface area contributed by atoms with Crippen molar-refractivity contribution in [2.75, 3.05) is 0 Å². The van der Waals surface area contributed by atoms with Crippen molar-refractivity contribution in [2.45, 2.75) is 65.9 Å². The lowest BCUT2D eigenvalue weighted by molar-refractivity contribution is 0.160. The van der Waals surface area contributed by atoms with E-state index in [1.807, 2.05) is 6.92 Å². The van der Waals surface area contributed by atoms with Crippen LogP contribution in [0.15, 0.2) is 23.3 Å². The van der Waals surface area contributed by atoms with Crippen molar-refractivity contribution in [1.82, 2.24) is 0 Å². The Hall–Kier alpha value is -0.560. The fraction of sp³-hybridized carbons (Fsp3) is 0.714. The standard InChI is InChI=1S/C14H26O/c1-5-12(3)8-7-9-13(4)10-11-14(15)6-2/h5,9,14-15H,6-8,10-11H2,1-4H3/b12-5+,13-9+. The lowest BCUT2D eigenvalue weighted by Crippen LogP contribution is -2.03. The van der Waals surface area contributed by atoms with E-state index in [2.05, 4.69) is 32.9 Å². The quantitative estimate of drug-likeness (QED) is 0.623. The summed E-state index contributed by atoms with van der Waals surface area (Å²) in [6.07, 6.45) is 9.44. The van der Waals surface area contributed by atoms with E-state index in [0.29, 0.717) is 0 Å². The molecule has 0 bridgehead atoms. The van der Waals surface area contributed by atoms with Crippen LogP contribution in [0.1, 0.15) is 59.8 Å². The molecule has 0 saturated carbocycles. The molecule has 0 rings (SSSR count). The van der Waals surface area contributed by atoms with Crippen molar-refractivity contribution >= 4 is 0 Å². The molecule has 0 aliphatic heterocycles. The molecular formula is C14H26O. The van der Waals surface area contributed by atoms with Gasteiger partial charge in [-0.3, -0.25) is 0 Å². The third-order valence-corrected chi connectivity index (χ3v) is 2.87. The van der Waals surface area contributed by atoms with Crippen LogP contribution < -0.4 is 0 Å². The Kier molecular flexibility index (Phi) is 8.40. The summed E-state index contributed by atoms with van der Waals surface area (Å²) in [7, 11) is 0. The van der Waals surface area contributed by atoms with Gasteiger partial charge in [0.2, 0.25) is 0 Å². The minimum atomic E-state index is -0.120. The average molecular weight is 210 g/mol. The highest BCUT2D eigenvalue weighted by Gasteiger charge is 2.00. The Labute approximate surface area is 94.9 Å². The lowest BCUT2D eigenvalue weighted by atomic mass is 10.0. The van der Waals surface area contributed by atoms with Gasteiger partial charge >= 0.3 is 0 Å². The highest BCUT2D eigenvalue weighted by atomic mass is 16.3. The van der Waals surface area contributed by atoms with E-state index in [9.17, 15) is 5.11 Å². The van der Waals surface area contributed by atoms with E-state index >= 15 is 0 Å². The van der Waals surface area contributed by atoms with Gasteiger partial charge in [0.15, 0.2) is 0 Å². The number of aliphatic hydroxyl groups is 1. The van der Waals surface area contributed by atoms with Crippen LogP contribution in [0.25, 0.3) is 0 Å². The van der Waals surface area contributed by atoms with Crippen molar-refractivity contribution in [3.05, 3.63) is 23.3 Å². The molecule has 1 unspecified atom stereocenters. The average Bonchev–Trinajstić information content (AvgIpc) is 2.25. The van der Waals surface area contributed by atoms with Crippen molar-refractivity contribution in [3.63, 3.8) is 0 Å². The van der Waals surface area contributed by atoms with Crippen LogP contribution >= 0.6 is 0 Å². The van der Waals surface area contributed by atoms with Crippen molar-refractivity contribution in [1.29, 1.82) is 0 Å². The second kappa shape index (κ2) is 8.72. The van der Waals surface area contributed by atoms with E-state index in [4.69, 9.17) is 0 Å². The molecule has 1 atom stereocenters. The molecule has 0 fully saturated rings. The Morgan fingerprint density at radius 2 is 1.87 bits per heavy atom. The van der Waals surface area contributed by atoms with Crippen LogP contribution in [-0.2, 0) is 0 Å². The van der Waals surface area contributed by atoms with Gasteiger partial charge in [-0.05, 0) is 52.9 Å². The third kappa shape index (κ3) is 8.44. The van der Waals surface area contributed by atoms with Gasteiger partial charge in [0.25, 0.3) is 0 Å². The van der Waals surface area contributed by atoms with Crippen LogP contribution in [0.5, 0.6) is 0 Å². The summed E-state index contributed by atoms with van der Waals surface area (Å²) in [5.74, 6) is 0. The van der Waals surface area contributed by atoms with E-state index in [0.717, 1.165) is 32.1 Å². The van der Waals surface area contributed by atoms with Gasteiger partial charge in [0.1, 0.15) is 0 Å². The van der Waals surface area contributed by atoms with Crippen LogP contribution in [0.4, 0.5) is 0 Å². The summed E-state index contributed by atoms with van der Waals surface area (Å²) in [6.45, 7) is 8.44. The number of hydrogen-bond donors (Lipinski definition) is 1. The molecule has 0 aromatic rings. The Bertz CT molecular complexity index is 213.